The van der Waals surface area contributed by atoms with E-state index < -0.39 is 0 Å². The zero-order valence-electron chi connectivity index (χ0n) is 15.8. The van der Waals surface area contributed by atoms with Crippen molar-refractivity contribution in [3.8, 4) is 5.75 Å². The molecule has 6 nitrogen and oxygen atoms in total. The summed E-state index contributed by atoms with van der Waals surface area (Å²) >= 11 is 1.58. The number of hydrogen-bond donors (Lipinski definition) is 1. The van der Waals surface area contributed by atoms with E-state index in [1.807, 2.05) is 24.3 Å². The van der Waals surface area contributed by atoms with E-state index in [1.165, 1.54) is 0 Å². The van der Waals surface area contributed by atoms with Crippen LogP contribution in [0.25, 0.3) is 0 Å². The molecule has 1 atom stereocenters. The van der Waals surface area contributed by atoms with Crippen molar-refractivity contribution in [2.75, 3.05) is 18.2 Å². The summed E-state index contributed by atoms with van der Waals surface area (Å²) in [6.45, 7) is 0.434. The van der Waals surface area contributed by atoms with Gasteiger partial charge in [0.1, 0.15) is 16.9 Å². The first kappa shape index (κ1) is 19.1. The van der Waals surface area contributed by atoms with E-state index in [9.17, 15) is 9.59 Å². The van der Waals surface area contributed by atoms with Gasteiger partial charge in [-0.3, -0.25) is 9.59 Å². The number of anilines is 1. The van der Waals surface area contributed by atoms with Crippen LogP contribution in [0, 0.1) is 0 Å². The van der Waals surface area contributed by atoms with E-state index in [0.29, 0.717) is 23.5 Å². The van der Waals surface area contributed by atoms with E-state index in [1.54, 1.807) is 66.4 Å². The van der Waals surface area contributed by atoms with E-state index in [0.717, 1.165) is 17.1 Å². The molecule has 1 saturated heterocycles. The number of rotatable bonds is 6. The smallest absolute Gasteiger partial charge is 0.255 e. The van der Waals surface area contributed by atoms with Crippen LogP contribution in [0.15, 0.2) is 71.3 Å². The maximum atomic E-state index is 12.5. The zero-order chi connectivity index (χ0) is 20.2. The molecule has 0 radical (unpaired) electrons. The lowest BCUT2D eigenvalue weighted by atomic mass is 10.1. The molecule has 0 aliphatic carbocycles. The van der Waals surface area contributed by atoms with Gasteiger partial charge in [-0.05, 0) is 54.1 Å². The Morgan fingerprint density at radius 2 is 1.93 bits per heavy atom. The Hall–Kier alpha value is -3.19. The molecule has 0 bridgehead atoms. The predicted octanol–water partition coefficient (Wildman–Crippen LogP) is 4.31. The average molecular weight is 408 g/mol. The number of benzene rings is 2. The van der Waals surface area contributed by atoms with E-state index in [-0.39, 0.29) is 17.2 Å². The summed E-state index contributed by atoms with van der Waals surface area (Å²) in [6, 6.07) is 18.2. The van der Waals surface area contributed by atoms with Crippen molar-refractivity contribution in [1.82, 2.24) is 4.90 Å². The number of amides is 2. The highest BCUT2D eigenvalue weighted by Crippen LogP contribution is 2.39. The van der Waals surface area contributed by atoms with Crippen molar-refractivity contribution in [1.29, 1.82) is 0 Å². The summed E-state index contributed by atoms with van der Waals surface area (Å²) in [5.74, 6) is 1.81. The Morgan fingerprint density at radius 3 is 2.59 bits per heavy atom. The van der Waals surface area contributed by atoms with Gasteiger partial charge in [0, 0.05) is 11.3 Å². The normalized spacial score (nSPS) is 16.1. The van der Waals surface area contributed by atoms with Crippen molar-refractivity contribution in [3.63, 3.8) is 0 Å². The number of carbonyl (C=O) groups excluding carboxylic acids is 2. The van der Waals surface area contributed by atoms with E-state index >= 15 is 0 Å². The molecule has 2 amide bonds. The number of methoxy groups -OCH3 is 1. The Kier molecular flexibility index (Phi) is 5.57. The van der Waals surface area contributed by atoms with Gasteiger partial charge in [-0.25, -0.2) is 0 Å². The standard InChI is InChI=1S/C22H20N2O4S/c1-27-18-10-8-17(9-11-18)23-21(26)15-4-6-16(7-5-15)22-24(20(25)14-29-22)13-19-3-2-12-28-19/h2-12,22H,13-14H2,1H3,(H,23,26)/t22-/m1/s1. The molecule has 7 heteroatoms. The van der Waals surface area contributed by atoms with Crippen molar-refractivity contribution < 1.29 is 18.7 Å². The fourth-order valence-electron chi connectivity index (χ4n) is 3.15. The minimum Gasteiger partial charge on any atom is -0.497 e. The minimum absolute atomic E-state index is 0.0812. The first-order valence-corrected chi connectivity index (χ1v) is 10.2. The first-order valence-electron chi connectivity index (χ1n) is 9.13. The number of ether oxygens (including phenoxy) is 1. The first-order chi connectivity index (χ1) is 14.1. The number of furan rings is 1. The van der Waals surface area contributed by atoms with Gasteiger partial charge in [-0.2, -0.15) is 0 Å². The topological polar surface area (TPSA) is 71.8 Å². The zero-order valence-corrected chi connectivity index (χ0v) is 16.6. The third-order valence-corrected chi connectivity index (χ3v) is 5.94. The van der Waals surface area contributed by atoms with Crippen LogP contribution < -0.4 is 10.1 Å². The molecule has 1 fully saturated rings. The second kappa shape index (κ2) is 8.45. The van der Waals surface area contributed by atoms with Crippen LogP contribution in [-0.4, -0.2) is 29.6 Å². The molecule has 0 saturated carbocycles. The fraction of sp³-hybridized carbons (Fsp3) is 0.182. The Bertz CT molecular complexity index is 985. The van der Waals surface area contributed by atoms with Crippen LogP contribution in [-0.2, 0) is 11.3 Å². The number of carbonyl (C=O) groups is 2. The van der Waals surface area contributed by atoms with Crippen LogP contribution in [0.2, 0.25) is 0 Å². The van der Waals surface area contributed by atoms with Gasteiger partial charge in [-0.15, -0.1) is 11.8 Å². The molecule has 0 spiro atoms. The summed E-state index contributed by atoms with van der Waals surface area (Å²) in [4.78, 5) is 26.6. The Balaban J connectivity index is 1.45. The lowest BCUT2D eigenvalue weighted by molar-refractivity contribution is -0.128. The van der Waals surface area contributed by atoms with Gasteiger partial charge in [0.15, 0.2) is 0 Å². The molecule has 1 N–H and O–H groups in total. The Labute approximate surface area is 172 Å². The van der Waals surface area contributed by atoms with Crippen LogP contribution >= 0.6 is 11.8 Å². The fourth-order valence-corrected chi connectivity index (χ4v) is 4.34. The number of nitrogens with one attached hydrogen (secondary N) is 1. The lowest BCUT2D eigenvalue weighted by Gasteiger charge is -2.23. The molecule has 1 aliphatic heterocycles. The average Bonchev–Trinajstić information content (AvgIpc) is 3.39. The van der Waals surface area contributed by atoms with E-state index in [2.05, 4.69) is 5.32 Å². The molecule has 3 aromatic rings. The molecule has 1 aliphatic rings. The van der Waals surface area contributed by atoms with Crippen molar-refractivity contribution >= 4 is 29.3 Å². The van der Waals surface area contributed by atoms with E-state index in [4.69, 9.17) is 9.15 Å². The molecule has 148 valence electrons. The second-order valence-corrected chi connectivity index (χ2v) is 7.64. The molecule has 2 aromatic carbocycles. The minimum atomic E-state index is -0.190. The third-order valence-electron chi connectivity index (χ3n) is 4.68. The maximum Gasteiger partial charge on any atom is 0.255 e. The van der Waals surface area contributed by atoms with Gasteiger partial charge in [-0.1, -0.05) is 12.1 Å². The quantitative estimate of drug-likeness (QED) is 0.658. The monoisotopic (exact) mass is 408 g/mol. The number of nitrogens with zero attached hydrogens (tertiary/aromatic N) is 1. The number of hydrogen-bond acceptors (Lipinski definition) is 5. The van der Waals surface area contributed by atoms with Gasteiger partial charge >= 0.3 is 0 Å². The van der Waals surface area contributed by atoms with Gasteiger partial charge in [0.25, 0.3) is 5.91 Å². The van der Waals surface area contributed by atoms with Crippen LogP contribution in [0.5, 0.6) is 5.75 Å². The predicted molar refractivity (Wildman–Crippen MR) is 112 cm³/mol. The van der Waals surface area contributed by atoms with Crippen LogP contribution in [0.4, 0.5) is 5.69 Å². The van der Waals surface area contributed by atoms with Crippen molar-refractivity contribution in [3.05, 3.63) is 83.8 Å². The molecule has 29 heavy (non-hydrogen) atoms. The summed E-state index contributed by atoms with van der Waals surface area (Å²) in [5.41, 5.74) is 2.23. The maximum absolute atomic E-state index is 12.5. The summed E-state index contributed by atoms with van der Waals surface area (Å²) in [5, 5.41) is 2.78. The Morgan fingerprint density at radius 1 is 1.17 bits per heavy atom. The largest absolute Gasteiger partial charge is 0.497 e. The summed E-state index contributed by atoms with van der Waals surface area (Å²) < 4.78 is 10.5. The molecule has 1 aromatic heterocycles. The summed E-state index contributed by atoms with van der Waals surface area (Å²) in [6.07, 6.45) is 1.61. The molecule has 0 unspecified atom stereocenters. The second-order valence-electron chi connectivity index (χ2n) is 6.57. The molecule has 2 heterocycles. The highest BCUT2D eigenvalue weighted by atomic mass is 32.2. The third kappa shape index (κ3) is 4.30. The van der Waals surface area contributed by atoms with Crippen LogP contribution in [0.1, 0.15) is 27.1 Å². The highest BCUT2D eigenvalue weighted by Gasteiger charge is 2.33. The molecular weight excluding hydrogens is 388 g/mol. The highest BCUT2D eigenvalue weighted by molar-refractivity contribution is 8.00. The summed E-state index contributed by atoms with van der Waals surface area (Å²) in [7, 11) is 1.60. The number of thioether (sulfide) groups is 1. The van der Waals surface area contributed by atoms with Gasteiger partial charge in [0.2, 0.25) is 5.91 Å². The van der Waals surface area contributed by atoms with Gasteiger partial charge < -0.3 is 19.4 Å². The lowest BCUT2D eigenvalue weighted by Crippen LogP contribution is -2.27. The van der Waals surface area contributed by atoms with Gasteiger partial charge in [0.05, 0.1) is 25.7 Å². The van der Waals surface area contributed by atoms with Crippen LogP contribution in [0.3, 0.4) is 0 Å². The van der Waals surface area contributed by atoms with Crippen molar-refractivity contribution in [2.45, 2.75) is 11.9 Å². The molecule has 4 rings (SSSR count). The molecular formula is C22H20N2O4S. The van der Waals surface area contributed by atoms with Crippen molar-refractivity contribution in [2.24, 2.45) is 0 Å². The SMILES string of the molecule is COc1ccc(NC(=O)c2ccc([C@H]3SCC(=O)N3Cc3ccco3)cc2)cc1.